The maximum absolute atomic E-state index is 2.46. The zero-order chi connectivity index (χ0) is 43.9. The fourth-order valence-electron chi connectivity index (χ4n) is 10.4. The highest BCUT2D eigenvalue weighted by Crippen LogP contribution is 2.59. The molecule has 11 aromatic rings. The molecule has 1 heteroatoms. The molecule has 0 bridgehead atoms. The first-order chi connectivity index (χ1) is 32.7. The predicted octanol–water partition coefficient (Wildman–Crippen LogP) is 17.3. The molecule has 0 heterocycles. The maximum Gasteiger partial charge on any atom is 0.0714 e. The van der Waals surface area contributed by atoms with Crippen molar-refractivity contribution in [1.82, 2.24) is 0 Å². The molecule has 0 radical (unpaired) electrons. The van der Waals surface area contributed by atoms with E-state index < -0.39 is 5.41 Å². The van der Waals surface area contributed by atoms with Crippen LogP contribution in [0.5, 0.6) is 0 Å². The fraction of sp³-hybridized carbons (Fsp3) is 0.0154. The van der Waals surface area contributed by atoms with Crippen molar-refractivity contribution in [2.75, 3.05) is 4.90 Å². The number of nitrogens with zero attached hydrogens (tertiary/aromatic N) is 1. The summed E-state index contributed by atoms with van der Waals surface area (Å²) in [5.41, 5.74) is 20.0. The van der Waals surface area contributed by atoms with Gasteiger partial charge in [0.05, 0.1) is 11.1 Å². The number of hydrogen-bond acceptors (Lipinski definition) is 1. The van der Waals surface area contributed by atoms with Crippen LogP contribution in [0.1, 0.15) is 22.3 Å². The van der Waals surface area contributed by atoms with Gasteiger partial charge in [0.25, 0.3) is 0 Å². The molecule has 0 unspecified atom stereocenters. The standard InChI is InChI=1S/C65H45N/c1-4-16-46(17-5-1)53-20-14-21-54(44-53)51-38-42-59(43-39-51)66(58-40-36-49(37-41-58)48-30-32-50(33-31-48)55-35-34-47-18-10-11-19-52(47)45-55)63-29-15-28-62-64(63)60-26-12-13-27-61(60)65(62,56-22-6-2-7-23-56)57-24-8-3-9-25-57/h1-45H. The van der Waals surface area contributed by atoms with Crippen molar-refractivity contribution in [1.29, 1.82) is 0 Å². The summed E-state index contributed by atoms with van der Waals surface area (Å²) < 4.78 is 0. The second kappa shape index (κ2) is 16.6. The summed E-state index contributed by atoms with van der Waals surface area (Å²) in [5, 5.41) is 2.51. The molecule has 0 fully saturated rings. The lowest BCUT2D eigenvalue weighted by atomic mass is 9.68. The quantitative estimate of drug-likeness (QED) is 0.140. The van der Waals surface area contributed by atoms with Crippen LogP contribution in [0.2, 0.25) is 0 Å². The third kappa shape index (κ3) is 6.73. The molecule has 0 N–H and O–H groups in total. The number of hydrogen-bond donors (Lipinski definition) is 0. The summed E-state index contributed by atoms with van der Waals surface area (Å²) in [6.45, 7) is 0. The van der Waals surface area contributed by atoms with E-state index in [4.69, 9.17) is 0 Å². The van der Waals surface area contributed by atoms with Gasteiger partial charge >= 0.3 is 0 Å². The SMILES string of the molecule is c1ccc(-c2cccc(-c3ccc(N(c4ccc(-c5ccc(-c6ccc7ccccc7c6)cc5)cc4)c4cccc5c4-c4ccccc4C5(c4ccccc4)c4ccccc4)cc3)c2)cc1. The molecule has 1 nitrogen and oxygen atoms in total. The molecule has 310 valence electrons. The molecule has 66 heavy (non-hydrogen) atoms. The van der Waals surface area contributed by atoms with E-state index >= 15 is 0 Å². The van der Waals surface area contributed by atoms with E-state index in [0.29, 0.717) is 0 Å². The molecule has 1 aliphatic rings. The van der Waals surface area contributed by atoms with Crippen molar-refractivity contribution >= 4 is 27.8 Å². The van der Waals surface area contributed by atoms with E-state index in [1.807, 2.05) is 0 Å². The predicted molar refractivity (Wildman–Crippen MR) is 278 cm³/mol. The Bertz CT molecular complexity index is 3440. The minimum absolute atomic E-state index is 0.507. The van der Waals surface area contributed by atoms with Crippen LogP contribution in [-0.2, 0) is 5.41 Å². The van der Waals surface area contributed by atoms with Crippen molar-refractivity contribution in [3.05, 3.63) is 295 Å². The van der Waals surface area contributed by atoms with Crippen LogP contribution in [0.25, 0.3) is 66.4 Å². The highest BCUT2D eigenvalue weighted by atomic mass is 15.1. The summed E-state index contributed by atoms with van der Waals surface area (Å²) in [5.74, 6) is 0. The Morgan fingerprint density at radius 2 is 0.667 bits per heavy atom. The van der Waals surface area contributed by atoms with Gasteiger partial charge in [-0.05, 0) is 126 Å². The highest BCUT2D eigenvalue weighted by molar-refractivity contribution is 5.98. The van der Waals surface area contributed by atoms with Gasteiger partial charge in [0, 0.05) is 16.9 Å². The average Bonchev–Trinajstić information content (AvgIpc) is 3.71. The first kappa shape index (κ1) is 39.1. The Morgan fingerprint density at radius 1 is 0.258 bits per heavy atom. The molecular formula is C65H45N. The van der Waals surface area contributed by atoms with Crippen LogP contribution in [0.15, 0.2) is 273 Å². The smallest absolute Gasteiger partial charge is 0.0714 e. The third-order valence-electron chi connectivity index (χ3n) is 13.6. The summed E-state index contributed by atoms with van der Waals surface area (Å²) in [6.07, 6.45) is 0. The Morgan fingerprint density at radius 3 is 1.27 bits per heavy atom. The highest BCUT2D eigenvalue weighted by Gasteiger charge is 2.47. The number of benzene rings is 11. The van der Waals surface area contributed by atoms with Crippen LogP contribution in [0.3, 0.4) is 0 Å². The summed E-state index contributed by atoms with van der Waals surface area (Å²) >= 11 is 0. The molecule has 0 saturated carbocycles. The van der Waals surface area contributed by atoms with E-state index in [1.165, 1.54) is 88.7 Å². The average molecular weight is 840 g/mol. The van der Waals surface area contributed by atoms with Crippen molar-refractivity contribution in [2.24, 2.45) is 0 Å². The number of anilines is 3. The molecule has 11 aromatic carbocycles. The third-order valence-corrected chi connectivity index (χ3v) is 13.6. The van der Waals surface area contributed by atoms with Crippen LogP contribution in [0, 0.1) is 0 Å². The van der Waals surface area contributed by atoms with Crippen molar-refractivity contribution in [2.45, 2.75) is 5.41 Å². The summed E-state index contributed by atoms with van der Waals surface area (Å²) in [4.78, 5) is 2.46. The topological polar surface area (TPSA) is 3.24 Å². The van der Waals surface area contributed by atoms with Crippen molar-refractivity contribution in [3.63, 3.8) is 0 Å². The minimum atomic E-state index is -0.507. The van der Waals surface area contributed by atoms with E-state index in [1.54, 1.807) is 0 Å². The van der Waals surface area contributed by atoms with E-state index in [-0.39, 0.29) is 0 Å². The van der Waals surface area contributed by atoms with Crippen LogP contribution in [0.4, 0.5) is 17.1 Å². The Labute approximate surface area is 387 Å². The van der Waals surface area contributed by atoms with Gasteiger partial charge in [-0.1, -0.05) is 231 Å². The Balaban J connectivity index is 0.989. The van der Waals surface area contributed by atoms with Crippen LogP contribution in [-0.4, -0.2) is 0 Å². The lowest BCUT2D eigenvalue weighted by molar-refractivity contribution is 0.768. The molecule has 0 aliphatic heterocycles. The molecule has 0 aromatic heterocycles. The summed E-state index contributed by atoms with van der Waals surface area (Å²) in [7, 11) is 0. The molecular weight excluding hydrogens is 795 g/mol. The second-order valence-corrected chi connectivity index (χ2v) is 17.2. The van der Waals surface area contributed by atoms with Crippen LogP contribution >= 0.6 is 0 Å². The van der Waals surface area contributed by atoms with Gasteiger partial charge in [-0.2, -0.15) is 0 Å². The first-order valence-electron chi connectivity index (χ1n) is 22.8. The van der Waals surface area contributed by atoms with E-state index in [9.17, 15) is 0 Å². The van der Waals surface area contributed by atoms with Gasteiger partial charge in [0.1, 0.15) is 0 Å². The maximum atomic E-state index is 2.46. The normalized spacial score (nSPS) is 12.4. The largest absolute Gasteiger partial charge is 0.310 e. The van der Waals surface area contributed by atoms with E-state index in [0.717, 1.165) is 17.1 Å². The number of rotatable bonds is 9. The van der Waals surface area contributed by atoms with Crippen LogP contribution < -0.4 is 4.90 Å². The summed E-state index contributed by atoms with van der Waals surface area (Å²) in [6, 6.07) is 100.0. The first-order valence-corrected chi connectivity index (χ1v) is 22.8. The monoisotopic (exact) mass is 839 g/mol. The van der Waals surface area contributed by atoms with Crippen molar-refractivity contribution in [3.8, 4) is 55.6 Å². The van der Waals surface area contributed by atoms with Gasteiger partial charge in [-0.15, -0.1) is 0 Å². The zero-order valence-corrected chi connectivity index (χ0v) is 36.4. The molecule has 0 saturated heterocycles. The molecule has 12 rings (SSSR count). The Hall–Kier alpha value is -8.52. The zero-order valence-electron chi connectivity index (χ0n) is 36.4. The van der Waals surface area contributed by atoms with Gasteiger partial charge in [-0.25, -0.2) is 0 Å². The fourth-order valence-corrected chi connectivity index (χ4v) is 10.4. The Kier molecular flexibility index (Phi) is 9.81. The molecule has 0 atom stereocenters. The lowest BCUT2D eigenvalue weighted by Gasteiger charge is -2.34. The van der Waals surface area contributed by atoms with Gasteiger partial charge in [0.15, 0.2) is 0 Å². The van der Waals surface area contributed by atoms with Gasteiger partial charge in [-0.3, -0.25) is 0 Å². The molecule has 1 aliphatic carbocycles. The van der Waals surface area contributed by atoms with Crippen molar-refractivity contribution < 1.29 is 0 Å². The second-order valence-electron chi connectivity index (χ2n) is 17.2. The molecule has 0 amide bonds. The van der Waals surface area contributed by atoms with E-state index in [2.05, 4.69) is 278 Å². The minimum Gasteiger partial charge on any atom is -0.310 e. The van der Waals surface area contributed by atoms with Gasteiger partial charge < -0.3 is 4.90 Å². The number of fused-ring (bicyclic) bond motifs is 4. The van der Waals surface area contributed by atoms with Gasteiger partial charge in [0.2, 0.25) is 0 Å². The lowest BCUT2D eigenvalue weighted by Crippen LogP contribution is -2.28. The molecule has 0 spiro atoms.